The first kappa shape index (κ1) is 26.6. The highest BCUT2D eigenvalue weighted by molar-refractivity contribution is 5.79. The smallest absolute Gasteiger partial charge is 0.406 e. The quantitative estimate of drug-likeness (QED) is 0.607. The van der Waals surface area contributed by atoms with Crippen LogP contribution in [-0.2, 0) is 0 Å². The van der Waals surface area contributed by atoms with Crippen molar-refractivity contribution in [2.75, 3.05) is 33.2 Å². The molecule has 1 atom stereocenters. The molecular formula is C26H35F3N4O3. The molecule has 198 valence electrons. The molecule has 2 aromatic rings. The van der Waals surface area contributed by atoms with Crippen molar-refractivity contribution >= 4 is 6.29 Å². The Morgan fingerprint density at radius 2 is 1.86 bits per heavy atom. The van der Waals surface area contributed by atoms with E-state index >= 15 is 0 Å². The van der Waals surface area contributed by atoms with E-state index < -0.39 is 12.0 Å². The topological polar surface area (TPSA) is 70.8 Å². The minimum Gasteiger partial charge on any atom is -0.406 e. The van der Waals surface area contributed by atoms with Crippen molar-refractivity contribution in [2.24, 2.45) is 0 Å². The van der Waals surface area contributed by atoms with Gasteiger partial charge in [0.25, 0.3) is 0 Å². The maximum atomic E-state index is 12.3. The second-order valence-electron chi connectivity index (χ2n) is 10.5. The molecule has 0 amide bonds. The van der Waals surface area contributed by atoms with E-state index in [4.69, 9.17) is 0 Å². The molecule has 5 rings (SSSR count). The minimum atomic E-state index is -4.74. The number of carbonyl (C=O) groups excluding carboxylic acids is 1. The number of likely N-dealkylation sites (tertiary alicyclic amines) is 2. The molecule has 36 heavy (non-hydrogen) atoms. The number of β-amino-alcohol motifs (C(OH)–C–C–N with tert-alkyl or cyclic N) is 1. The first-order valence-electron chi connectivity index (χ1n) is 12.5. The average molecular weight is 509 g/mol. The van der Waals surface area contributed by atoms with Crippen molar-refractivity contribution in [3.63, 3.8) is 0 Å². The summed E-state index contributed by atoms with van der Waals surface area (Å²) < 4.78 is 42.4. The third-order valence-corrected chi connectivity index (χ3v) is 7.21. The second-order valence-corrected chi connectivity index (χ2v) is 10.5. The summed E-state index contributed by atoms with van der Waals surface area (Å²) in [5, 5.41) is 14.2. The fourth-order valence-corrected chi connectivity index (χ4v) is 5.11. The number of halogens is 3. The summed E-state index contributed by atoms with van der Waals surface area (Å²) in [5.74, 6) is -0.0823. The predicted octanol–water partition coefficient (Wildman–Crippen LogP) is 4.31. The summed E-state index contributed by atoms with van der Waals surface area (Å²) in [6, 6.07) is 6.31. The lowest BCUT2D eigenvalue weighted by atomic mass is 10.0. The number of aldehydes is 1. The summed E-state index contributed by atoms with van der Waals surface area (Å²) in [7, 11) is 2.19. The van der Waals surface area contributed by atoms with Gasteiger partial charge in [0, 0.05) is 31.1 Å². The van der Waals surface area contributed by atoms with Crippen LogP contribution in [0.5, 0.6) is 5.75 Å². The summed E-state index contributed by atoms with van der Waals surface area (Å²) in [6.45, 7) is 8.06. The van der Waals surface area contributed by atoms with E-state index in [1.807, 2.05) is 6.92 Å². The zero-order valence-electron chi connectivity index (χ0n) is 21.1. The molecule has 1 aliphatic carbocycles. The number of alkyl halides is 3. The minimum absolute atomic E-state index is 0.230. The van der Waals surface area contributed by atoms with Crippen molar-refractivity contribution in [1.29, 1.82) is 0 Å². The number of ether oxygens (including phenoxy) is 1. The van der Waals surface area contributed by atoms with E-state index in [-0.39, 0.29) is 11.7 Å². The van der Waals surface area contributed by atoms with Crippen LogP contribution in [0.15, 0.2) is 24.3 Å². The van der Waals surface area contributed by atoms with Crippen LogP contribution in [0.1, 0.15) is 66.7 Å². The largest absolute Gasteiger partial charge is 0.573 e. The molecule has 1 aromatic heterocycles. The number of hydrogen-bond donors (Lipinski definition) is 1. The van der Waals surface area contributed by atoms with E-state index in [0.717, 1.165) is 50.4 Å². The SMILES string of the molecule is CN1CCC(N2CCC(C)(O)C2)CC1.Cc1nn(-c2cccc(OC(F)(F)F)c2)c(C2CC2)c1C=O. The molecule has 1 unspecified atom stereocenters. The Balaban J connectivity index is 0.000000187. The van der Waals surface area contributed by atoms with Gasteiger partial charge in [-0.1, -0.05) is 6.07 Å². The number of hydrogen-bond acceptors (Lipinski definition) is 6. The van der Waals surface area contributed by atoms with Crippen LogP contribution in [0.3, 0.4) is 0 Å². The average Bonchev–Trinajstić information content (AvgIpc) is 3.49. The van der Waals surface area contributed by atoms with Gasteiger partial charge in [-0.15, -0.1) is 13.2 Å². The lowest BCUT2D eigenvalue weighted by Gasteiger charge is -2.35. The Morgan fingerprint density at radius 3 is 2.42 bits per heavy atom. The third-order valence-electron chi connectivity index (χ3n) is 7.21. The van der Waals surface area contributed by atoms with E-state index in [9.17, 15) is 23.1 Å². The fraction of sp³-hybridized carbons (Fsp3) is 0.615. The highest BCUT2D eigenvalue weighted by Gasteiger charge is 2.36. The molecule has 0 bridgehead atoms. The van der Waals surface area contributed by atoms with E-state index in [1.54, 1.807) is 17.7 Å². The summed E-state index contributed by atoms with van der Waals surface area (Å²) in [4.78, 5) is 16.1. The number of aryl methyl sites for hydroxylation is 1. The van der Waals surface area contributed by atoms with Crippen LogP contribution in [0.2, 0.25) is 0 Å². The number of aromatic nitrogens is 2. The van der Waals surface area contributed by atoms with Gasteiger partial charge in [-0.2, -0.15) is 5.10 Å². The zero-order chi connectivity index (χ0) is 26.1. The van der Waals surface area contributed by atoms with Crippen LogP contribution in [0.25, 0.3) is 5.69 Å². The van der Waals surface area contributed by atoms with Gasteiger partial charge >= 0.3 is 6.36 Å². The maximum absolute atomic E-state index is 12.3. The van der Waals surface area contributed by atoms with Gasteiger partial charge in [-0.05, 0) is 78.2 Å². The Labute approximate surface area is 209 Å². The normalized spacial score (nSPS) is 23.9. The van der Waals surface area contributed by atoms with Gasteiger partial charge in [-0.3, -0.25) is 9.69 Å². The highest BCUT2D eigenvalue weighted by Crippen LogP contribution is 2.43. The molecule has 7 nitrogen and oxygen atoms in total. The zero-order valence-corrected chi connectivity index (χ0v) is 21.1. The van der Waals surface area contributed by atoms with Crippen molar-refractivity contribution < 1.29 is 27.8 Å². The predicted molar refractivity (Wildman–Crippen MR) is 130 cm³/mol. The van der Waals surface area contributed by atoms with Gasteiger partial charge in [0.1, 0.15) is 5.75 Å². The number of benzene rings is 1. The van der Waals surface area contributed by atoms with Crippen LogP contribution >= 0.6 is 0 Å². The van der Waals surface area contributed by atoms with E-state index in [2.05, 4.69) is 26.7 Å². The number of nitrogens with zero attached hydrogens (tertiary/aromatic N) is 4. The number of carbonyl (C=O) groups is 1. The molecule has 1 aromatic carbocycles. The molecule has 0 radical (unpaired) electrons. The first-order valence-corrected chi connectivity index (χ1v) is 12.5. The van der Waals surface area contributed by atoms with Crippen molar-refractivity contribution in [2.45, 2.75) is 69.9 Å². The molecule has 2 aliphatic heterocycles. The third kappa shape index (κ3) is 6.66. The highest BCUT2D eigenvalue weighted by atomic mass is 19.4. The van der Waals surface area contributed by atoms with Crippen molar-refractivity contribution in [3.05, 3.63) is 41.2 Å². The molecular weight excluding hydrogens is 473 g/mol. The molecule has 0 spiro atoms. The molecule has 1 N–H and O–H groups in total. The number of rotatable bonds is 5. The summed E-state index contributed by atoms with van der Waals surface area (Å²) >= 11 is 0. The molecule has 3 heterocycles. The van der Waals surface area contributed by atoms with Gasteiger partial charge in [0.2, 0.25) is 0 Å². The van der Waals surface area contributed by atoms with Gasteiger partial charge in [0.05, 0.1) is 28.2 Å². The standard InChI is InChI=1S/C15H13F3N2O2.C11H22N2O/c1-9-13(8-21)14(10-5-6-10)20(19-9)11-3-2-4-12(7-11)22-15(16,17)18;1-11(14)5-8-13(9-11)10-3-6-12(2)7-4-10/h2-4,7-8,10H,5-6H2,1H3;10,14H,3-9H2,1-2H3. The number of aliphatic hydroxyl groups is 1. The van der Waals surface area contributed by atoms with Crippen LogP contribution in [0.4, 0.5) is 13.2 Å². The molecule has 2 saturated heterocycles. The summed E-state index contributed by atoms with van der Waals surface area (Å²) in [6.07, 6.45) is 1.39. The lowest BCUT2D eigenvalue weighted by Crippen LogP contribution is -2.44. The molecule has 3 fully saturated rings. The summed E-state index contributed by atoms with van der Waals surface area (Å²) in [5.41, 5.74) is 1.86. The molecule has 1 saturated carbocycles. The molecule has 10 heteroatoms. The van der Waals surface area contributed by atoms with Crippen LogP contribution in [0, 0.1) is 6.92 Å². The maximum Gasteiger partial charge on any atom is 0.573 e. The van der Waals surface area contributed by atoms with Crippen molar-refractivity contribution in [1.82, 2.24) is 19.6 Å². The van der Waals surface area contributed by atoms with Gasteiger partial charge in [0.15, 0.2) is 6.29 Å². The Bertz CT molecular complexity index is 1060. The van der Waals surface area contributed by atoms with Crippen LogP contribution in [-0.4, -0.2) is 82.2 Å². The second kappa shape index (κ2) is 10.5. The Kier molecular flexibility index (Phi) is 7.78. The molecule has 3 aliphatic rings. The van der Waals surface area contributed by atoms with Gasteiger partial charge in [-0.25, -0.2) is 4.68 Å². The number of piperidine rings is 1. The monoisotopic (exact) mass is 508 g/mol. The Morgan fingerprint density at radius 1 is 1.17 bits per heavy atom. The fourth-order valence-electron chi connectivity index (χ4n) is 5.11. The Hall–Kier alpha value is -2.43. The van der Waals surface area contributed by atoms with Crippen molar-refractivity contribution in [3.8, 4) is 11.4 Å². The van der Waals surface area contributed by atoms with Gasteiger partial charge < -0.3 is 14.7 Å². The van der Waals surface area contributed by atoms with E-state index in [1.165, 1.54) is 44.1 Å². The van der Waals surface area contributed by atoms with E-state index in [0.29, 0.717) is 16.9 Å². The first-order chi connectivity index (χ1) is 17.0. The lowest BCUT2D eigenvalue weighted by molar-refractivity contribution is -0.274. The van der Waals surface area contributed by atoms with Crippen LogP contribution < -0.4 is 4.74 Å².